The molecule has 0 saturated carbocycles. The van der Waals surface area contributed by atoms with Crippen LogP contribution in [0.15, 0.2) is 12.1 Å². The highest BCUT2D eigenvalue weighted by atomic mass is 16.4. The van der Waals surface area contributed by atoms with Gasteiger partial charge in [0.05, 0.1) is 5.69 Å². The lowest BCUT2D eigenvalue weighted by atomic mass is 10.2. The second-order valence-corrected chi connectivity index (χ2v) is 3.82. The molecule has 1 aliphatic rings. The minimum absolute atomic E-state index is 0.424. The smallest absolute Gasteiger partial charge is 0.322 e. The predicted molar refractivity (Wildman–Crippen MR) is 58.4 cm³/mol. The lowest BCUT2D eigenvalue weighted by Crippen LogP contribution is -2.54. The van der Waals surface area contributed by atoms with E-state index in [1.807, 2.05) is 24.0 Å². The van der Waals surface area contributed by atoms with Crippen molar-refractivity contribution in [2.45, 2.75) is 13.0 Å². The van der Waals surface area contributed by atoms with Crippen LogP contribution in [0.3, 0.4) is 0 Å². The average molecular weight is 222 g/mol. The van der Waals surface area contributed by atoms with E-state index >= 15 is 0 Å². The van der Waals surface area contributed by atoms with Gasteiger partial charge in [0, 0.05) is 19.6 Å². The van der Waals surface area contributed by atoms with E-state index in [9.17, 15) is 4.79 Å². The predicted octanol–water partition coefficient (Wildman–Crippen LogP) is -0.352. The summed E-state index contributed by atoms with van der Waals surface area (Å²) in [5.41, 5.74) is 0.855. The van der Waals surface area contributed by atoms with Crippen LogP contribution < -0.4 is 10.2 Å². The van der Waals surface area contributed by atoms with Crippen molar-refractivity contribution in [2.24, 2.45) is 0 Å². The van der Waals surface area contributed by atoms with Crippen molar-refractivity contribution in [1.82, 2.24) is 15.5 Å². The third-order valence-electron chi connectivity index (χ3n) is 2.58. The number of nitrogens with one attached hydrogen (secondary N) is 1. The molecule has 1 aliphatic heterocycles. The van der Waals surface area contributed by atoms with Crippen LogP contribution in [0.5, 0.6) is 0 Å². The molecule has 0 spiro atoms. The molecule has 2 heterocycles. The SMILES string of the molecule is Cc1ccc(N2CCN[C@@H](C(=O)O)C2)nn1. The zero-order valence-corrected chi connectivity index (χ0v) is 9.05. The van der Waals surface area contributed by atoms with Crippen molar-refractivity contribution in [1.29, 1.82) is 0 Å². The van der Waals surface area contributed by atoms with Gasteiger partial charge in [-0.2, -0.15) is 5.10 Å². The fourth-order valence-corrected chi connectivity index (χ4v) is 1.68. The molecule has 86 valence electrons. The van der Waals surface area contributed by atoms with Crippen molar-refractivity contribution >= 4 is 11.8 Å². The number of piperazine rings is 1. The molecule has 1 fully saturated rings. The zero-order valence-electron chi connectivity index (χ0n) is 9.05. The summed E-state index contributed by atoms with van der Waals surface area (Å²) in [4.78, 5) is 12.8. The Morgan fingerprint density at radius 1 is 1.56 bits per heavy atom. The Balaban J connectivity index is 2.09. The summed E-state index contributed by atoms with van der Waals surface area (Å²) in [5, 5.41) is 19.9. The average Bonchev–Trinajstić information content (AvgIpc) is 2.30. The number of hydrogen-bond acceptors (Lipinski definition) is 5. The Labute approximate surface area is 93.3 Å². The molecule has 2 rings (SSSR count). The van der Waals surface area contributed by atoms with Gasteiger partial charge < -0.3 is 15.3 Å². The number of carboxylic acids is 1. The summed E-state index contributed by atoms with van der Waals surface area (Å²) in [7, 11) is 0. The van der Waals surface area contributed by atoms with E-state index in [1.165, 1.54) is 0 Å². The van der Waals surface area contributed by atoms with Gasteiger partial charge in [-0.25, -0.2) is 0 Å². The highest BCUT2D eigenvalue weighted by Gasteiger charge is 2.25. The van der Waals surface area contributed by atoms with Gasteiger partial charge in [-0.15, -0.1) is 5.10 Å². The summed E-state index contributed by atoms with van der Waals surface area (Å²) < 4.78 is 0. The molecule has 6 heteroatoms. The maximum Gasteiger partial charge on any atom is 0.322 e. The minimum atomic E-state index is -0.829. The highest BCUT2D eigenvalue weighted by Crippen LogP contribution is 2.11. The Morgan fingerprint density at radius 3 is 3.00 bits per heavy atom. The number of aryl methyl sites for hydroxylation is 1. The quantitative estimate of drug-likeness (QED) is 0.712. The molecule has 0 aliphatic carbocycles. The largest absolute Gasteiger partial charge is 0.480 e. The lowest BCUT2D eigenvalue weighted by molar-refractivity contribution is -0.139. The number of nitrogens with zero attached hydrogens (tertiary/aromatic N) is 3. The van der Waals surface area contributed by atoms with E-state index in [2.05, 4.69) is 15.5 Å². The Hall–Kier alpha value is -1.69. The van der Waals surface area contributed by atoms with Crippen LogP contribution in [0.2, 0.25) is 0 Å². The van der Waals surface area contributed by atoms with Gasteiger partial charge in [0.15, 0.2) is 5.82 Å². The van der Waals surface area contributed by atoms with Crippen LogP contribution in [-0.2, 0) is 4.79 Å². The number of aliphatic carboxylic acids is 1. The molecular weight excluding hydrogens is 208 g/mol. The normalized spacial score (nSPS) is 20.8. The molecule has 1 aromatic rings. The van der Waals surface area contributed by atoms with E-state index in [4.69, 9.17) is 5.11 Å². The monoisotopic (exact) mass is 222 g/mol. The van der Waals surface area contributed by atoms with Crippen molar-refractivity contribution in [3.05, 3.63) is 17.8 Å². The number of aromatic nitrogens is 2. The van der Waals surface area contributed by atoms with E-state index < -0.39 is 12.0 Å². The van der Waals surface area contributed by atoms with E-state index in [0.717, 1.165) is 18.1 Å². The second kappa shape index (κ2) is 4.44. The molecule has 16 heavy (non-hydrogen) atoms. The maximum absolute atomic E-state index is 10.9. The van der Waals surface area contributed by atoms with Crippen molar-refractivity contribution < 1.29 is 9.90 Å². The first-order chi connectivity index (χ1) is 7.66. The Bertz CT molecular complexity index is 379. The number of rotatable bonds is 2. The minimum Gasteiger partial charge on any atom is -0.480 e. The van der Waals surface area contributed by atoms with Crippen LogP contribution in [0, 0.1) is 6.92 Å². The fraction of sp³-hybridized carbons (Fsp3) is 0.500. The van der Waals surface area contributed by atoms with Gasteiger partial charge in [-0.3, -0.25) is 4.79 Å². The van der Waals surface area contributed by atoms with Crippen molar-refractivity contribution in [3.63, 3.8) is 0 Å². The molecule has 0 bridgehead atoms. The first-order valence-electron chi connectivity index (χ1n) is 5.18. The molecule has 1 aromatic heterocycles. The van der Waals surface area contributed by atoms with Gasteiger partial charge in [-0.1, -0.05) is 0 Å². The summed E-state index contributed by atoms with van der Waals surface area (Å²) in [5.74, 6) is -0.0943. The van der Waals surface area contributed by atoms with Gasteiger partial charge >= 0.3 is 5.97 Å². The first kappa shape index (κ1) is 10.8. The number of carbonyl (C=O) groups is 1. The number of hydrogen-bond donors (Lipinski definition) is 2. The van der Waals surface area contributed by atoms with Gasteiger partial charge in [-0.05, 0) is 19.1 Å². The first-order valence-corrected chi connectivity index (χ1v) is 5.18. The molecule has 1 atom stereocenters. The van der Waals surface area contributed by atoms with Crippen LogP contribution in [0.1, 0.15) is 5.69 Å². The Kier molecular flexibility index (Phi) is 3.00. The van der Waals surface area contributed by atoms with Crippen LogP contribution in [-0.4, -0.2) is 46.9 Å². The lowest BCUT2D eigenvalue weighted by Gasteiger charge is -2.32. The molecule has 0 unspecified atom stereocenters. The van der Waals surface area contributed by atoms with Gasteiger partial charge in [0.1, 0.15) is 6.04 Å². The molecule has 0 radical (unpaired) electrons. The highest BCUT2D eigenvalue weighted by molar-refractivity contribution is 5.74. The molecule has 2 N–H and O–H groups in total. The summed E-state index contributed by atoms with van der Waals surface area (Å²) in [6.07, 6.45) is 0. The van der Waals surface area contributed by atoms with E-state index in [0.29, 0.717) is 13.1 Å². The topological polar surface area (TPSA) is 78.4 Å². The molecular formula is C10H14N4O2. The molecule has 1 saturated heterocycles. The third-order valence-corrected chi connectivity index (χ3v) is 2.58. The van der Waals surface area contributed by atoms with Gasteiger partial charge in [0.25, 0.3) is 0 Å². The summed E-state index contributed by atoms with van der Waals surface area (Å²) >= 11 is 0. The second-order valence-electron chi connectivity index (χ2n) is 3.82. The zero-order chi connectivity index (χ0) is 11.5. The molecule has 0 amide bonds. The Morgan fingerprint density at radius 2 is 2.38 bits per heavy atom. The van der Waals surface area contributed by atoms with Crippen LogP contribution >= 0.6 is 0 Å². The number of anilines is 1. The third kappa shape index (κ3) is 2.27. The van der Waals surface area contributed by atoms with Crippen molar-refractivity contribution in [2.75, 3.05) is 24.5 Å². The maximum atomic E-state index is 10.9. The molecule has 6 nitrogen and oxygen atoms in total. The standard InChI is InChI=1S/C10H14N4O2/c1-7-2-3-9(13-12-7)14-5-4-11-8(6-14)10(15)16/h2-3,8,11H,4-6H2,1H3,(H,15,16)/t8-/m1/s1. The van der Waals surface area contributed by atoms with Crippen molar-refractivity contribution in [3.8, 4) is 0 Å². The number of carboxylic acid groups (broad SMARTS) is 1. The summed E-state index contributed by atoms with van der Waals surface area (Å²) in [6, 6.07) is 3.21. The van der Waals surface area contributed by atoms with Crippen LogP contribution in [0.4, 0.5) is 5.82 Å². The van der Waals surface area contributed by atoms with Crippen LogP contribution in [0.25, 0.3) is 0 Å². The van der Waals surface area contributed by atoms with E-state index in [1.54, 1.807) is 0 Å². The fourth-order valence-electron chi connectivity index (χ4n) is 1.68. The molecule has 0 aromatic carbocycles. The summed E-state index contributed by atoms with van der Waals surface area (Å²) in [6.45, 7) is 3.69. The van der Waals surface area contributed by atoms with E-state index in [-0.39, 0.29) is 0 Å². The van der Waals surface area contributed by atoms with Gasteiger partial charge in [0.2, 0.25) is 0 Å².